The molecule has 5 N–H and O–H groups in total. The van der Waals surface area contributed by atoms with Crippen LogP contribution in [0.3, 0.4) is 0 Å². The van der Waals surface area contributed by atoms with Crippen molar-refractivity contribution >= 4 is 48.5 Å². The number of nitrogens with zero attached hydrogens (tertiary/aromatic N) is 3. The predicted octanol–water partition coefficient (Wildman–Crippen LogP) is 3.44. The molecule has 0 saturated carbocycles. The van der Waals surface area contributed by atoms with Crippen LogP contribution >= 0.6 is 0 Å². The summed E-state index contributed by atoms with van der Waals surface area (Å²) in [6.45, 7) is -1.31. The van der Waals surface area contributed by atoms with E-state index in [1.165, 1.54) is 48.5 Å². The third kappa shape index (κ3) is 7.51. The van der Waals surface area contributed by atoms with Crippen LogP contribution in [0.15, 0.2) is 59.5 Å². The summed E-state index contributed by atoms with van der Waals surface area (Å²) < 4.78 is 101. The van der Waals surface area contributed by atoms with Crippen LogP contribution in [0, 0.1) is 5.82 Å². The van der Waals surface area contributed by atoms with Crippen LogP contribution in [0.5, 0.6) is 0 Å². The Morgan fingerprint density at radius 1 is 0.900 bits per heavy atom. The molecular weight excluding hydrogens is 578 g/mol. The van der Waals surface area contributed by atoms with Gasteiger partial charge in [0.05, 0.1) is 28.0 Å². The Morgan fingerprint density at radius 3 is 2.23 bits per heavy atom. The number of alkyl halides is 3. The summed E-state index contributed by atoms with van der Waals surface area (Å²) in [5.41, 5.74) is 0.910. The lowest BCUT2D eigenvalue weighted by atomic mass is 10.1. The fraction of sp³-hybridized carbons (Fsp3) is 0.174. The number of sulfonamides is 2. The summed E-state index contributed by atoms with van der Waals surface area (Å²) in [5.74, 6) is -1.11. The van der Waals surface area contributed by atoms with E-state index in [1.807, 2.05) is 0 Å². The second kappa shape index (κ2) is 10.8. The quantitative estimate of drug-likeness (QED) is 0.211. The van der Waals surface area contributed by atoms with Gasteiger partial charge in [0.2, 0.25) is 26.0 Å². The van der Waals surface area contributed by atoms with Crippen LogP contribution < -0.4 is 20.5 Å². The molecule has 0 fully saturated rings. The number of benzene rings is 2. The molecule has 0 bridgehead atoms. The summed E-state index contributed by atoms with van der Waals surface area (Å²) in [7, 11) is -7.66. The molecule has 0 atom stereocenters. The number of primary sulfonamides is 1. The molecule has 2 aromatic heterocycles. The second-order valence-electron chi connectivity index (χ2n) is 8.54. The van der Waals surface area contributed by atoms with Gasteiger partial charge in [-0.25, -0.2) is 36.3 Å². The summed E-state index contributed by atoms with van der Waals surface area (Å²) >= 11 is 0. The predicted molar refractivity (Wildman–Crippen MR) is 141 cm³/mol. The van der Waals surface area contributed by atoms with Gasteiger partial charge >= 0.3 is 6.18 Å². The monoisotopic (exact) mass is 599 g/mol. The fourth-order valence-corrected chi connectivity index (χ4v) is 4.57. The maximum absolute atomic E-state index is 14.1. The van der Waals surface area contributed by atoms with Gasteiger partial charge in [0, 0.05) is 12.1 Å². The molecular formula is C23H21F4N7O4S2. The highest BCUT2D eigenvalue weighted by molar-refractivity contribution is 7.92. The molecule has 0 spiro atoms. The average Bonchev–Trinajstić information content (AvgIpc) is 2.85. The van der Waals surface area contributed by atoms with Gasteiger partial charge in [-0.1, -0.05) is 12.1 Å². The fourth-order valence-electron chi connectivity index (χ4n) is 3.50. The number of rotatable bonds is 9. The number of pyridine rings is 1. The first-order valence-electron chi connectivity index (χ1n) is 11.2. The number of hydrogen-bond acceptors (Lipinski definition) is 9. The largest absolute Gasteiger partial charge is 0.405 e. The lowest BCUT2D eigenvalue weighted by molar-refractivity contribution is -0.115. The minimum absolute atomic E-state index is 0.0215. The highest BCUT2D eigenvalue weighted by atomic mass is 32.2. The van der Waals surface area contributed by atoms with Crippen molar-refractivity contribution in [3.8, 4) is 11.3 Å². The van der Waals surface area contributed by atoms with Crippen LogP contribution in [0.2, 0.25) is 0 Å². The number of anilines is 3. The maximum atomic E-state index is 14.1. The molecule has 0 unspecified atom stereocenters. The Morgan fingerprint density at radius 2 is 1.60 bits per heavy atom. The minimum atomic E-state index is -4.57. The molecule has 4 aromatic rings. The molecule has 0 aliphatic heterocycles. The Bertz CT molecular complexity index is 1780. The second-order valence-corrected chi connectivity index (χ2v) is 11.9. The smallest absolute Gasteiger partial charge is 0.359 e. The van der Waals surface area contributed by atoms with Crippen molar-refractivity contribution in [1.29, 1.82) is 0 Å². The highest BCUT2D eigenvalue weighted by Gasteiger charge is 2.27. The van der Waals surface area contributed by atoms with E-state index in [1.54, 1.807) is 0 Å². The average molecular weight is 600 g/mol. The molecule has 0 saturated heterocycles. The van der Waals surface area contributed by atoms with E-state index in [0.29, 0.717) is 5.56 Å². The normalized spacial score (nSPS) is 12.3. The van der Waals surface area contributed by atoms with E-state index in [4.69, 9.17) is 5.14 Å². The SMILES string of the molecule is CS(=O)(=O)Nc1cc(-c2ccc3nc(NCc4ccc(S(N)(=O)=O)cc4)nc(NCC(F)(F)F)c3n2)ccc1F. The standard InChI is InChI=1S/C23H21F4N7O4S2/c1-39(35,36)34-19-10-14(4-7-16(19)24)17-8-9-18-20(31-17)21(30-12-23(25,26)27)33-22(32-18)29-11-13-2-5-15(6-3-13)40(28,37)38/h2-10,34H,11-12H2,1H3,(H2,28,37,38)(H2,29,30,32,33). The van der Waals surface area contributed by atoms with Crippen molar-refractivity contribution in [1.82, 2.24) is 15.0 Å². The molecule has 0 aliphatic carbocycles. The van der Waals surface area contributed by atoms with E-state index >= 15 is 0 Å². The van der Waals surface area contributed by atoms with E-state index in [9.17, 15) is 34.4 Å². The van der Waals surface area contributed by atoms with Crippen molar-refractivity contribution < 1.29 is 34.4 Å². The molecule has 0 aliphatic rings. The molecule has 4 rings (SSSR count). The van der Waals surface area contributed by atoms with Gasteiger partial charge < -0.3 is 10.6 Å². The first kappa shape index (κ1) is 28.9. The lowest BCUT2D eigenvalue weighted by Crippen LogP contribution is -2.22. The van der Waals surface area contributed by atoms with E-state index in [0.717, 1.165) is 12.3 Å². The summed E-state index contributed by atoms with van der Waals surface area (Å²) in [6, 6.07) is 12.1. The molecule has 212 valence electrons. The van der Waals surface area contributed by atoms with Crippen molar-refractivity contribution in [2.24, 2.45) is 5.14 Å². The first-order valence-corrected chi connectivity index (χ1v) is 14.6. The summed E-state index contributed by atoms with van der Waals surface area (Å²) in [5, 5.41) is 10.2. The zero-order valence-corrected chi connectivity index (χ0v) is 22.1. The number of nitrogens with one attached hydrogen (secondary N) is 3. The third-order valence-electron chi connectivity index (χ3n) is 5.26. The van der Waals surface area contributed by atoms with Crippen LogP contribution in [0.4, 0.5) is 35.0 Å². The first-order chi connectivity index (χ1) is 18.6. The third-order valence-corrected chi connectivity index (χ3v) is 6.78. The number of nitrogens with two attached hydrogens (primary N) is 1. The molecule has 40 heavy (non-hydrogen) atoms. The minimum Gasteiger partial charge on any atom is -0.359 e. The topological polar surface area (TPSA) is 169 Å². The number of fused-ring (bicyclic) bond motifs is 1. The summed E-state index contributed by atoms with van der Waals surface area (Å²) in [4.78, 5) is 12.7. The Kier molecular flexibility index (Phi) is 7.82. The lowest BCUT2D eigenvalue weighted by Gasteiger charge is -2.14. The Labute approximate surface area is 226 Å². The van der Waals surface area contributed by atoms with E-state index < -0.39 is 38.6 Å². The van der Waals surface area contributed by atoms with Crippen LogP contribution in [-0.2, 0) is 26.6 Å². The van der Waals surface area contributed by atoms with Gasteiger partial charge in [-0.15, -0.1) is 0 Å². The van der Waals surface area contributed by atoms with Gasteiger partial charge in [0.15, 0.2) is 5.82 Å². The molecule has 0 amide bonds. The van der Waals surface area contributed by atoms with Gasteiger partial charge in [-0.2, -0.15) is 18.2 Å². The van der Waals surface area contributed by atoms with Gasteiger partial charge in [0.1, 0.15) is 17.9 Å². The summed E-state index contributed by atoms with van der Waals surface area (Å²) in [6.07, 6.45) is -3.72. The van der Waals surface area contributed by atoms with Crippen LogP contribution in [0.25, 0.3) is 22.3 Å². The maximum Gasteiger partial charge on any atom is 0.405 e. The van der Waals surface area contributed by atoms with Gasteiger partial charge in [0.25, 0.3) is 0 Å². The number of halogens is 4. The van der Waals surface area contributed by atoms with E-state index in [2.05, 4.69) is 30.3 Å². The van der Waals surface area contributed by atoms with Crippen LogP contribution in [0.1, 0.15) is 5.56 Å². The molecule has 17 heteroatoms. The Balaban J connectivity index is 1.68. The molecule has 2 heterocycles. The van der Waals surface area contributed by atoms with Gasteiger partial charge in [-0.3, -0.25) is 4.72 Å². The number of aromatic nitrogens is 3. The van der Waals surface area contributed by atoms with Crippen molar-refractivity contribution in [3.63, 3.8) is 0 Å². The van der Waals surface area contributed by atoms with Crippen molar-refractivity contribution in [3.05, 3.63) is 66.0 Å². The molecule has 0 radical (unpaired) electrons. The van der Waals surface area contributed by atoms with Crippen molar-refractivity contribution in [2.45, 2.75) is 17.6 Å². The molecule has 11 nitrogen and oxygen atoms in total. The Hall–Kier alpha value is -4.09. The highest BCUT2D eigenvalue weighted by Crippen LogP contribution is 2.29. The zero-order valence-electron chi connectivity index (χ0n) is 20.5. The zero-order chi connectivity index (χ0) is 29.3. The van der Waals surface area contributed by atoms with E-state index in [-0.39, 0.29) is 51.2 Å². The van der Waals surface area contributed by atoms with Crippen molar-refractivity contribution in [2.75, 3.05) is 28.2 Å². The van der Waals surface area contributed by atoms with Gasteiger partial charge in [-0.05, 0) is 48.0 Å². The number of hydrogen-bond donors (Lipinski definition) is 4. The van der Waals surface area contributed by atoms with Crippen LogP contribution in [-0.4, -0.2) is 50.8 Å². The molecule has 2 aromatic carbocycles.